The molecule has 0 aliphatic carbocycles. The van der Waals surface area contributed by atoms with E-state index < -0.39 is 62.2 Å². The Bertz CT molecular complexity index is 535. The maximum atomic E-state index is 11.5. The molecule has 112 valence electrons. The van der Waals surface area contributed by atoms with Crippen LogP contribution in [0.5, 0.6) is 0 Å². The lowest BCUT2D eigenvalue weighted by Crippen LogP contribution is -2.43. The first-order chi connectivity index (χ1) is 8.43. The lowest BCUT2D eigenvalue weighted by atomic mass is 10.2. The summed E-state index contributed by atoms with van der Waals surface area (Å²) < 4.78 is 46.3. The highest BCUT2D eigenvalue weighted by atomic mass is 32.2. The van der Waals surface area contributed by atoms with Gasteiger partial charge in [-0.25, -0.2) is 21.6 Å². The Balaban J connectivity index is 4.65. The molecule has 0 aromatic rings. The summed E-state index contributed by atoms with van der Waals surface area (Å²) in [6, 6.07) is -1.60. The summed E-state index contributed by atoms with van der Waals surface area (Å²) >= 11 is 0. The monoisotopic (exact) mass is 317 g/mol. The fourth-order valence-corrected chi connectivity index (χ4v) is 3.90. The van der Waals surface area contributed by atoms with Crippen LogP contribution in [0.15, 0.2) is 0 Å². The summed E-state index contributed by atoms with van der Waals surface area (Å²) in [6.07, 6.45) is -0.101. The molecule has 0 fully saturated rings. The highest BCUT2D eigenvalue weighted by Gasteiger charge is 2.25. The SMILES string of the molecule is CS(=O)(=O)CCS(=O)(=O)NC(CCC(=O)O)C(=O)O. The Morgan fingerprint density at radius 2 is 1.63 bits per heavy atom. The van der Waals surface area contributed by atoms with Gasteiger partial charge in [0.2, 0.25) is 10.0 Å². The zero-order valence-electron chi connectivity index (χ0n) is 10.1. The topological polar surface area (TPSA) is 155 Å². The van der Waals surface area contributed by atoms with E-state index >= 15 is 0 Å². The second kappa shape index (κ2) is 6.82. The van der Waals surface area contributed by atoms with Gasteiger partial charge in [-0.3, -0.25) is 9.59 Å². The molecule has 1 atom stereocenters. The summed E-state index contributed by atoms with van der Waals surface area (Å²) in [4.78, 5) is 21.1. The molecule has 0 amide bonds. The van der Waals surface area contributed by atoms with Gasteiger partial charge in [-0.05, 0) is 6.42 Å². The normalized spacial score (nSPS) is 13.9. The zero-order chi connectivity index (χ0) is 15.3. The van der Waals surface area contributed by atoms with E-state index in [0.717, 1.165) is 6.26 Å². The largest absolute Gasteiger partial charge is 0.481 e. The number of carbonyl (C=O) groups is 2. The average Bonchev–Trinajstić information content (AvgIpc) is 2.20. The first kappa shape index (κ1) is 17.8. The van der Waals surface area contributed by atoms with Crippen LogP contribution in [-0.4, -0.2) is 62.8 Å². The van der Waals surface area contributed by atoms with E-state index in [1.54, 1.807) is 4.72 Å². The molecule has 0 rings (SSSR count). The van der Waals surface area contributed by atoms with Gasteiger partial charge in [0.15, 0.2) is 0 Å². The zero-order valence-corrected chi connectivity index (χ0v) is 11.7. The van der Waals surface area contributed by atoms with Crippen molar-refractivity contribution in [3.05, 3.63) is 0 Å². The molecular weight excluding hydrogens is 302 g/mol. The fraction of sp³-hybridized carbons (Fsp3) is 0.750. The lowest BCUT2D eigenvalue weighted by Gasteiger charge is -2.13. The maximum Gasteiger partial charge on any atom is 0.321 e. The number of rotatable bonds is 9. The molecule has 0 aliphatic heterocycles. The molecule has 0 heterocycles. The highest BCUT2D eigenvalue weighted by molar-refractivity contribution is 7.93. The van der Waals surface area contributed by atoms with Crippen LogP contribution in [0.4, 0.5) is 0 Å². The maximum absolute atomic E-state index is 11.5. The number of sulfone groups is 1. The molecule has 11 heteroatoms. The molecule has 0 spiro atoms. The molecule has 0 aromatic heterocycles. The quantitative estimate of drug-likeness (QED) is 0.453. The van der Waals surface area contributed by atoms with Gasteiger partial charge in [-0.15, -0.1) is 0 Å². The molecule has 1 unspecified atom stereocenters. The van der Waals surface area contributed by atoms with Crippen LogP contribution in [0.2, 0.25) is 0 Å². The van der Waals surface area contributed by atoms with Crippen LogP contribution >= 0.6 is 0 Å². The smallest absolute Gasteiger partial charge is 0.321 e. The van der Waals surface area contributed by atoms with Gasteiger partial charge in [0.05, 0.1) is 11.5 Å². The van der Waals surface area contributed by atoms with Crippen molar-refractivity contribution >= 4 is 31.8 Å². The Labute approximate surface area is 110 Å². The van der Waals surface area contributed by atoms with Crippen molar-refractivity contribution in [2.45, 2.75) is 18.9 Å². The molecule has 3 N–H and O–H groups in total. The van der Waals surface area contributed by atoms with Crippen molar-refractivity contribution in [3.63, 3.8) is 0 Å². The van der Waals surface area contributed by atoms with Crippen molar-refractivity contribution < 1.29 is 36.6 Å². The first-order valence-electron chi connectivity index (χ1n) is 5.05. The van der Waals surface area contributed by atoms with Gasteiger partial charge in [-0.2, -0.15) is 0 Å². The number of hydrogen-bond donors (Lipinski definition) is 3. The minimum Gasteiger partial charge on any atom is -0.481 e. The van der Waals surface area contributed by atoms with Crippen molar-refractivity contribution in [1.82, 2.24) is 4.72 Å². The third-order valence-electron chi connectivity index (χ3n) is 1.99. The molecule has 0 aromatic carbocycles. The van der Waals surface area contributed by atoms with Gasteiger partial charge in [0.1, 0.15) is 15.9 Å². The molecule has 0 saturated heterocycles. The van der Waals surface area contributed by atoms with Crippen LogP contribution in [0.25, 0.3) is 0 Å². The van der Waals surface area contributed by atoms with Crippen molar-refractivity contribution in [2.75, 3.05) is 17.8 Å². The summed E-state index contributed by atoms with van der Waals surface area (Å²) in [7, 11) is -7.61. The van der Waals surface area contributed by atoms with Gasteiger partial charge < -0.3 is 10.2 Å². The molecule has 0 aliphatic rings. The van der Waals surface area contributed by atoms with E-state index in [0.29, 0.717) is 0 Å². The Kier molecular flexibility index (Phi) is 6.39. The van der Waals surface area contributed by atoms with E-state index in [-0.39, 0.29) is 0 Å². The van der Waals surface area contributed by atoms with Crippen LogP contribution < -0.4 is 4.72 Å². The van der Waals surface area contributed by atoms with E-state index in [2.05, 4.69) is 0 Å². The van der Waals surface area contributed by atoms with Crippen LogP contribution in [0.3, 0.4) is 0 Å². The molecule has 0 saturated carbocycles. The van der Waals surface area contributed by atoms with E-state index in [4.69, 9.17) is 10.2 Å². The van der Waals surface area contributed by atoms with Crippen molar-refractivity contribution in [3.8, 4) is 0 Å². The number of hydrogen-bond acceptors (Lipinski definition) is 6. The number of aliphatic carboxylic acids is 2. The number of carboxylic acids is 2. The number of sulfonamides is 1. The summed E-state index contributed by atoms with van der Waals surface area (Å²) in [6.45, 7) is 0. The molecule has 0 radical (unpaired) electrons. The highest BCUT2D eigenvalue weighted by Crippen LogP contribution is 2.01. The van der Waals surface area contributed by atoms with E-state index in [9.17, 15) is 26.4 Å². The predicted molar refractivity (Wildman–Crippen MR) is 64.9 cm³/mol. The van der Waals surface area contributed by atoms with Gasteiger partial charge >= 0.3 is 11.9 Å². The summed E-state index contributed by atoms with van der Waals surface area (Å²) in [5.41, 5.74) is 0. The van der Waals surface area contributed by atoms with E-state index in [1.165, 1.54) is 0 Å². The standard InChI is InChI=1S/C8H15NO8S2/c1-18(14,15)4-5-19(16,17)9-6(8(12)13)2-3-7(10)11/h6,9H,2-5H2,1H3,(H,10,11)(H,12,13). The summed E-state index contributed by atoms with van der Waals surface area (Å²) in [5, 5.41) is 17.1. The minimum atomic E-state index is -4.11. The fourth-order valence-electron chi connectivity index (χ4n) is 1.04. The van der Waals surface area contributed by atoms with Crippen LogP contribution in [0.1, 0.15) is 12.8 Å². The van der Waals surface area contributed by atoms with Gasteiger partial charge in [-0.1, -0.05) is 0 Å². The van der Waals surface area contributed by atoms with Crippen molar-refractivity contribution in [2.24, 2.45) is 0 Å². The Morgan fingerprint density at radius 1 is 1.11 bits per heavy atom. The lowest BCUT2D eigenvalue weighted by molar-refractivity contribution is -0.140. The second-order valence-corrected chi connectivity index (χ2v) is 8.02. The number of nitrogens with one attached hydrogen (secondary N) is 1. The third-order valence-corrected chi connectivity index (χ3v) is 4.58. The van der Waals surface area contributed by atoms with Gasteiger partial charge in [0.25, 0.3) is 0 Å². The van der Waals surface area contributed by atoms with Crippen LogP contribution in [-0.2, 0) is 29.4 Å². The minimum absolute atomic E-state index is 0.428. The molecule has 0 bridgehead atoms. The number of carboxylic acid groups (broad SMARTS) is 2. The Morgan fingerprint density at radius 3 is 2.00 bits per heavy atom. The summed E-state index contributed by atoms with van der Waals surface area (Å²) in [5.74, 6) is -4.21. The first-order valence-corrected chi connectivity index (χ1v) is 8.76. The Hall–Kier alpha value is -1.20. The van der Waals surface area contributed by atoms with Crippen molar-refractivity contribution in [1.29, 1.82) is 0 Å². The third kappa shape index (κ3) is 9.39. The average molecular weight is 317 g/mol. The second-order valence-electron chi connectivity index (χ2n) is 3.89. The molecule has 19 heavy (non-hydrogen) atoms. The van der Waals surface area contributed by atoms with Gasteiger partial charge in [0, 0.05) is 12.7 Å². The molecule has 9 nitrogen and oxygen atoms in total. The molecular formula is C8H15NO8S2. The predicted octanol–water partition coefficient (Wildman–Crippen LogP) is -1.73. The van der Waals surface area contributed by atoms with Crippen LogP contribution in [0, 0.1) is 0 Å². The van der Waals surface area contributed by atoms with E-state index in [1.807, 2.05) is 0 Å².